The molecular weight excluding hydrogens is 455 g/mol. The van der Waals surface area contributed by atoms with E-state index in [4.69, 9.17) is 23.3 Å². The molecule has 0 fully saturated rings. The number of thioether (sulfide) groups is 1. The van der Waals surface area contributed by atoms with Crippen LogP contribution in [0.1, 0.15) is 32.4 Å². The second kappa shape index (κ2) is 10.1. The maximum atomic E-state index is 13.7. The fourth-order valence-electron chi connectivity index (χ4n) is 3.58. The molecule has 11 heteroatoms. The van der Waals surface area contributed by atoms with E-state index < -0.39 is 19.6 Å². The summed E-state index contributed by atoms with van der Waals surface area (Å²) in [5.41, 5.74) is 1.84. The van der Waals surface area contributed by atoms with Crippen molar-refractivity contribution < 1.29 is 32.6 Å². The van der Waals surface area contributed by atoms with Crippen LogP contribution in [0.25, 0.3) is 0 Å². The Morgan fingerprint density at radius 2 is 1.78 bits per heavy atom. The van der Waals surface area contributed by atoms with Crippen LogP contribution in [0, 0.1) is 0 Å². The third kappa shape index (κ3) is 4.32. The van der Waals surface area contributed by atoms with Gasteiger partial charge in [-0.1, -0.05) is 17.8 Å². The van der Waals surface area contributed by atoms with E-state index >= 15 is 0 Å². The quantitative estimate of drug-likeness (QED) is 0.367. The van der Waals surface area contributed by atoms with Crippen LogP contribution < -0.4 is 9.47 Å². The largest absolute Gasteiger partial charge is 0.493 e. The van der Waals surface area contributed by atoms with Gasteiger partial charge in [-0.25, -0.2) is 9.79 Å². The Morgan fingerprint density at radius 3 is 2.34 bits per heavy atom. The van der Waals surface area contributed by atoms with Crippen LogP contribution >= 0.6 is 19.4 Å². The number of benzene rings is 1. The van der Waals surface area contributed by atoms with Gasteiger partial charge in [-0.15, -0.1) is 0 Å². The summed E-state index contributed by atoms with van der Waals surface area (Å²) in [6.45, 7) is 5.62. The number of carbonyl (C=O) groups excluding carboxylic acids is 1. The van der Waals surface area contributed by atoms with Crippen LogP contribution in [0.3, 0.4) is 0 Å². The number of ether oxygens (including phenoxy) is 3. The van der Waals surface area contributed by atoms with E-state index in [2.05, 4.69) is 4.99 Å². The van der Waals surface area contributed by atoms with Gasteiger partial charge in [-0.2, -0.15) is 0 Å². The van der Waals surface area contributed by atoms with Gasteiger partial charge in [0, 0.05) is 5.41 Å². The summed E-state index contributed by atoms with van der Waals surface area (Å²) in [5, 5.41) is 2.26. The highest BCUT2D eigenvalue weighted by molar-refractivity contribution is 8.16. The summed E-state index contributed by atoms with van der Waals surface area (Å²) in [5.74, 6) is 0.497. The van der Waals surface area contributed by atoms with Crippen LogP contribution in [0.4, 0.5) is 0 Å². The fraction of sp³-hybridized carbons (Fsp3) is 0.429. The third-order valence-corrected chi connectivity index (χ3v) is 8.03. The number of rotatable bonds is 9. The number of carbonyl (C=O) groups is 1. The molecule has 0 spiro atoms. The van der Waals surface area contributed by atoms with Crippen molar-refractivity contribution in [1.29, 1.82) is 0 Å². The molecule has 0 radical (unpaired) electrons. The van der Waals surface area contributed by atoms with Crippen molar-refractivity contribution in [3.63, 3.8) is 0 Å². The van der Waals surface area contributed by atoms with Gasteiger partial charge < -0.3 is 28.2 Å². The second-order valence-electron chi connectivity index (χ2n) is 6.70. The molecular formula is C21H27N2O7PS. The molecule has 0 aromatic heterocycles. The highest BCUT2D eigenvalue weighted by atomic mass is 32.2. The van der Waals surface area contributed by atoms with E-state index in [1.54, 1.807) is 50.3 Å². The minimum Gasteiger partial charge on any atom is -0.493 e. The number of amidine groups is 1. The van der Waals surface area contributed by atoms with Crippen LogP contribution in [0.5, 0.6) is 11.5 Å². The zero-order valence-corrected chi connectivity index (χ0v) is 20.6. The van der Waals surface area contributed by atoms with Crippen molar-refractivity contribution in [3.05, 3.63) is 45.9 Å². The third-order valence-electron chi connectivity index (χ3n) is 4.91. The number of esters is 1. The molecule has 9 nitrogen and oxygen atoms in total. The van der Waals surface area contributed by atoms with Crippen molar-refractivity contribution in [2.75, 3.05) is 34.5 Å². The maximum absolute atomic E-state index is 13.7. The van der Waals surface area contributed by atoms with E-state index in [9.17, 15) is 9.36 Å². The van der Waals surface area contributed by atoms with Crippen molar-refractivity contribution >= 4 is 30.5 Å². The summed E-state index contributed by atoms with van der Waals surface area (Å²) in [6.07, 6.45) is 0. The van der Waals surface area contributed by atoms with E-state index in [0.717, 1.165) is 0 Å². The lowest BCUT2D eigenvalue weighted by Gasteiger charge is -2.37. The molecule has 2 heterocycles. The van der Waals surface area contributed by atoms with Gasteiger partial charge in [-0.3, -0.25) is 4.57 Å². The average molecular weight is 482 g/mol. The Bertz CT molecular complexity index is 1030. The SMILES string of the molecule is CCOP(=O)(OCC)C1=CSC2=NC(C)=C(C(=O)OC)C(c3ccc(OC)c(OC)c3)N12. The molecule has 3 rings (SSSR count). The number of fused-ring (bicyclic) bond motifs is 1. The Kier molecular flexibility index (Phi) is 7.71. The first kappa shape index (κ1) is 24.4. The van der Waals surface area contributed by atoms with Crippen molar-refractivity contribution in [1.82, 2.24) is 4.90 Å². The molecule has 0 saturated carbocycles. The molecule has 1 atom stereocenters. The van der Waals surface area contributed by atoms with Gasteiger partial charge >= 0.3 is 13.6 Å². The van der Waals surface area contributed by atoms with Gasteiger partial charge in [0.1, 0.15) is 5.44 Å². The van der Waals surface area contributed by atoms with E-state index in [-0.39, 0.29) is 13.2 Å². The van der Waals surface area contributed by atoms with E-state index in [1.807, 2.05) is 6.07 Å². The molecule has 2 aliphatic rings. The number of hydrogen-bond acceptors (Lipinski definition) is 10. The topological polar surface area (TPSA) is 95.9 Å². The molecule has 174 valence electrons. The molecule has 0 N–H and O–H groups in total. The van der Waals surface area contributed by atoms with Gasteiger partial charge in [-0.05, 0) is 38.5 Å². The normalized spacial score (nSPS) is 18.2. The summed E-state index contributed by atoms with van der Waals surface area (Å²) in [6, 6.07) is 4.65. The molecule has 0 bridgehead atoms. The molecule has 2 aliphatic heterocycles. The monoisotopic (exact) mass is 482 g/mol. The van der Waals surface area contributed by atoms with Crippen LogP contribution in [-0.2, 0) is 23.1 Å². The maximum Gasteiger partial charge on any atom is 0.378 e. The zero-order valence-electron chi connectivity index (χ0n) is 18.9. The number of hydrogen-bond donors (Lipinski definition) is 0. The zero-order chi connectivity index (χ0) is 23.5. The van der Waals surface area contributed by atoms with Crippen molar-refractivity contribution in [2.45, 2.75) is 26.8 Å². The van der Waals surface area contributed by atoms with Crippen LogP contribution in [0.2, 0.25) is 0 Å². The highest BCUT2D eigenvalue weighted by Gasteiger charge is 2.47. The van der Waals surface area contributed by atoms with E-state index in [1.165, 1.54) is 26.0 Å². The lowest BCUT2D eigenvalue weighted by molar-refractivity contribution is -0.136. The van der Waals surface area contributed by atoms with E-state index in [0.29, 0.717) is 38.9 Å². The molecule has 0 amide bonds. The Labute approximate surface area is 191 Å². The lowest BCUT2D eigenvalue weighted by Crippen LogP contribution is -2.36. The first-order valence-electron chi connectivity index (χ1n) is 10.0. The first-order valence-corrected chi connectivity index (χ1v) is 12.4. The van der Waals surface area contributed by atoms with Gasteiger partial charge in [0.05, 0.1) is 51.9 Å². The second-order valence-corrected chi connectivity index (χ2v) is 9.51. The predicted molar refractivity (Wildman–Crippen MR) is 123 cm³/mol. The summed E-state index contributed by atoms with van der Waals surface area (Å²) in [4.78, 5) is 19.1. The molecule has 32 heavy (non-hydrogen) atoms. The Morgan fingerprint density at radius 1 is 1.12 bits per heavy atom. The minimum absolute atomic E-state index is 0.194. The van der Waals surface area contributed by atoms with Crippen LogP contribution in [-0.4, -0.2) is 50.6 Å². The standard InChI is InChI=1S/C21H27N2O7PS/c1-7-29-31(25,30-8-2)17-12-32-21-22-13(3)18(20(24)28-6)19(23(17)21)14-9-10-15(26-4)16(11-14)27-5/h9-12,19H,7-8H2,1-6H3. The Balaban J connectivity index is 2.21. The summed E-state index contributed by atoms with van der Waals surface area (Å²) in [7, 11) is 0.717. The number of allylic oxidation sites excluding steroid dienone is 1. The van der Waals surface area contributed by atoms with Gasteiger partial charge in [0.15, 0.2) is 16.7 Å². The van der Waals surface area contributed by atoms with Gasteiger partial charge in [0.2, 0.25) is 0 Å². The number of nitrogens with zero attached hydrogens (tertiary/aromatic N) is 2. The van der Waals surface area contributed by atoms with Crippen molar-refractivity contribution in [2.24, 2.45) is 4.99 Å². The summed E-state index contributed by atoms with van der Waals surface area (Å²) >= 11 is 1.29. The number of methoxy groups -OCH3 is 3. The Hall–Kier alpha value is -2.26. The molecule has 1 aromatic rings. The minimum atomic E-state index is -3.68. The van der Waals surface area contributed by atoms with Crippen molar-refractivity contribution in [3.8, 4) is 11.5 Å². The first-order chi connectivity index (χ1) is 15.3. The molecule has 0 saturated heterocycles. The molecule has 1 unspecified atom stereocenters. The van der Waals surface area contributed by atoms with Crippen LogP contribution in [0.15, 0.2) is 45.3 Å². The highest BCUT2D eigenvalue weighted by Crippen LogP contribution is 2.63. The fourth-order valence-corrected chi connectivity index (χ4v) is 6.65. The average Bonchev–Trinajstić information content (AvgIpc) is 3.21. The lowest BCUT2D eigenvalue weighted by atomic mass is 9.94. The molecule has 1 aromatic carbocycles. The smallest absolute Gasteiger partial charge is 0.378 e. The van der Waals surface area contributed by atoms with Gasteiger partial charge in [0.25, 0.3) is 0 Å². The number of aliphatic imine (C=N–C) groups is 1. The summed E-state index contributed by atoms with van der Waals surface area (Å²) < 4.78 is 40.8. The molecule has 0 aliphatic carbocycles. The predicted octanol–water partition coefficient (Wildman–Crippen LogP) is 4.68.